The van der Waals surface area contributed by atoms with Gasteiger partial charge in [-0.25, -0.2) is 0 Å². The number of hydrogen-bond donors (Lipinski definition) is 0. The van der Waals surface area contributed by atoms with Crippen molar-refractivity contribution in [1.29, 1.82) is 0 Å². The molecule has 0 amide bonds. The highest BCUT2D eigenvalue weighted by molar-refractivity contribution is 9.10. The van der Waals surface area contributed by atoms with E-state index in [4.69, 9.17) is 18.8 Å². The monoisotopic (exact) mass is 282 g/mol. The quantitative estimate of drug-likeness (QED) is 0.566. The molecule has 1 nitrogen and oxygen atoms in total. The predicted octanol–water partition coefficient (Wildman–Crippen LogP) is 5.00. The first-order valence-electron chi connectivity index (χ1n) is 5.35. The summed E-state index contributed by atoms with van der Waals surface area (Å²) in [6, 6.07) is 7.36. The van der Waals surface area contributed by atoms with Gasteiger partial charge in [-0.1, -0.05) is 45.7 Å². The van der Waals surface area contributed by atoms with E-state index in [1.807, 2.05) is 0 Å². The lowest BCUT2D eigenvalue weighted by molar-refractivity contribution is 0.669. The summed E-state index contributed by atoms with van der Waals surface area (Å²) in [6.45, 7) is 0. The molecule has 1 aromatic heterocycles. The van der Waals surface area contributed by atoms with Gasteiger partial charge in [0.15, 0.2) is 5.58 Å². The predicted molar refractivity (Wildman–Crippen MR) is 66.4 cm³/mol. The highest BCUT2D eigenvalue weighted by atomic mass is 79.9. The van der Waals surface area contributed by atoms with Crippen molar-refractivity contribution in [2.24, 2.45) is 0 Å². The van der Waals surface area contributed by atoms with E-state index >= 15 is 0 Å². The molecule has 3 rings (SSSR count). The van der Waals surface area contributed by atoms with Crippen LogP contribution < -0.4 is 0 Å². The summed E-state index contributed by atoms with van der Waals surface area (Å²) in [5.74, 6) is 0. The van der Waals surface area contributed by atoms with Crippen molar-refractivity contribution in [2.45, 2.75) is 0 Å². The average molecular weight is 284 g/mol. The zero-order valence-electron chi connectivity index (χ0n) is 9.47. The molecule has 2 aromatic carbocycles. The topological polar surface area (TPSA) is 13.1 Å². The molecular formula is C12H6BrClO. The molecule has 0 fully saturated rings. The van der Waals surface area contributed by atoms with Crippen LogP contribution in [0.4, 0.5) is 0 Å². The van der Waals surface area contributed by atoms with Crippen LogP contribution in [0.3, 0.4) is 0 Å². The molecule has 0 aliphatic rings. The zero-order chi connectivity index (χ0) is 12.2. The van der Waals surface area contributed by atoms with Crippen LogP contribution in [0.1, 0.15) is 2.74 Å². The van der Waals surface area contributed by atoms with Gasteiger partial charge in [-0.15, -0.1) is 0 Å². The van der Waals surface area contributed by atoms with Crippen LogP contribution in [0, 0.1) is 0 Å². The standard InChI is InChI=1S/C12H6BrClO/c13-8-5-6-9(14)12-11(8)7-3-1-2-4-10(7)15-12/h1-6H/i1D,5D. The third-order valence-corrected chi connectivity index (χ3v) is 3.20. The van der Waals surface area contributed by atoms with E-state index in [1.54, 1.807) is 18.2 Å². The Kier molecular flexibility index (Phi) is 1.59. The molecule has 0 saturated heterocycles. The lowest BCUT2D eigenvalue weighted by atomic mass is 10.1. The van der Waals surface area contributed by atoms with E-state index in [9.17, 15) is 0 Å². The normalized spacial score (nSPS) is 13.2. The van der Waals surface area contributed by atoms with Gasteiger partial charge in [-0.05, 0) is 18.2 Å². The van der Waals surface area contributed by atoms with Gasteiger partial charge in [-0.2, -0.15) is 0 Å². The SMILES string of the molecule is [2H]c1ccc2oc3c(Cl)cc([2H])c(Br)c3c2c1. The minimum Gasteiger partial charge on any atom is -0.454 e. The second-order valence-corrected chi connectivity index (χ2v) is 4.38. The summed E-state index contributed by atoms with van der Waals surface area (Å²) >= 11 is 9.44. The van der Waals surface area contributed by atoms with E-state index in [0.717, 1.165) is 10.8 Å². The minimum absolute atomic E-state index is 0.306. The second-order valence-electron chi connectivity index (χ2n) is 3.18. The summed E-state index contributed by atoms with van der Waals surface area (Å²) in [4.78, 5) is 0. The fraction of sp³-hybridized carbons (Fsp3) is 0. The van der Waals surface area contributed by atoms with Gasteiger partial charge in [0.05, 0.1) is 7.76 Å². The molecule has 0 unspecified atom stereocenters. The number of furan rings is 1. The van der Waals surface area contributed by atoms with E-state index in [1.165, 1.54) is 6.07 Å². The van der Waals surface area contributed by atoms with Crippen molar-refractivity contribution in [1.82, 2.24) is 0 Å². The van der Waals surface area contributed by atoms with Gasteiger partial charge in [0.1, 0.15) is 5.58 Å². The smallest absolute Gasteiger partial charge is 0.155 e. The van der Waals surface area contributed by atoms with Crippen molar-refractivity contribution in [3.63, 3.8) is 0 Å². The number of halogens is 2. The first-order chi connectivity index (χ1) is 8.08. The Morgan fingerprint density at radius 1 is 1.33 bits per heavy atom. The lowest BCUT2D eigenvalue weighted by Gasteiger charge is -1.94. The van der Waals surface area contributed by atoms with Gasteiger partial charge in [-0.3, -0.25) is 0 Å². The molecule has 3 aromatic rings. The number of para-hydroxylation sites is 1. The van der Waals surface area contributed by atoms with Gasteiger partial charge in [0.25, 0.3) is 0 Å². The minimum atomic E-state index is 0.306. The summed E-state index contributed by atoms with van der Waals surface area (Å²) in [5, 5.41) is 1.97. The van der Waals surface area contributed by atoms with Crippen molar-refractivity contribution in [3.8, 4) is 0 Å². The lowest BCUT2D eigenvalue weighted by Crippen LogP contribution is -1.70. The molecule has 74 valence electrons. The maximum absolute atomic E-state index is 7.79. The van der Waals surface area contributed by atoms with Gasteiger partial charge in [0, 0.05) is 15.2 Å². The zero-order valence-corrected chi connectivity index (χ0v) is 9.82. The molecule has 1 heterocycles. The number of benzene rings is 2. The molecule has 3 heteroatoms. The molecule has 0 aliphatic heterocycles. The Morgan fingerprint density at radius 2 is 2.20 bits per heavy atom. The van der Waals surface area contributed by atoms with Crippen LogP contribution >= 0.6 is 27.5 Å². The first-order valence-corrected chi connectivity index (χ1v) is 5.52. The maximum Gasteiger partial charge on any atom is 0.155 e. The molecule has 0 saturated carbocycles. The Labute approximate surface area is 103 Å². The van der Waals surface area contributed by atoms with Gasteiger partial charge >= 0.3 is 0 Å². The van der Waals surface area contributed by atoms with Crippen molar-refractivity contribution >= 4 is 49.5 Å². The number of hydrogen-bond acceptors (Lipinski definition) is 1. The second kappa shape index (κ2) is 3.26. The van der Waals surface area contributed by atoms with Gasteiger partial charge < -0.3 is 4.42 Å². The van der Waals surface area contributed by atoms with Crippen LogP contribution in [-0.4, -0.2) is 0 Å². The maximum atomic E-state index is 7.79. The van der Waals surface area contributed by atoms with Crippen LogP contribution in [0.25, 0.3) is 21.9 Å². The summed E-state index contributed by atoms with van der Waals surface area (Å²) in [5.41, 5.74) is 1.22. The fourth-order valence-corrected chi connectivity index (χ4v) is 2.33. The Balaban J connectivity index is 2.63. The van der Waals surface area contributed by atoms with Crippen molar-refractivity contribution < 1.29 is 7.16 Å². The van der Waals surface area contributed by atoms with Crippen LogP contribution in [0.2, 0.25) is 5.02 Å². The van der Waals surface area contributed by atoms with Crippen molar-refractivity contribution in [2.75, 3.05) is 0 Å². The van der Waals surface area contributed by atoms with Crippen LogP contribution in [-0.2, 0) is 0 Å². The molecular weight excluding hydrogens is 275 g/mol. The summed E-state index contributed by atoms with van der Waals surface area (Å²) in [6.07, 6.45) is 0. The number of fused-ring (bicyclic) bond motifs is 3. The summed E-state index contributed by atoms with van der Waals surface area (Å²) < 4.78 is 21.7. The van der Waals surface area contributed by atoms with Crippen LogP contribution in [0.5, 0.6) is 0 Å². The molecule has 15 heavy (non-hydrogen) atoms. The average Bonchev–Trinajstić information content (AvgIpc) is 2.65. The van der Waals surface area contributed by atoms with E-state index < -0.39 is 0 Å². The Morgan fingerprint density at radius 3 is 3.07 bits per heavy atom. The summed E-state index contributed by atoms with van der Waals surface area (Å²) in [7, 11) is 0. The van der Waals surface area contributed by atoms with E-state index in [0.29, 0.717) is 32.7 Å². The third-order valence-electron chi connectivity index (χ3n) is 2.29. The third kappa shape index (κ3) is 1.29. The molecule has 0 spiro atoms. The number of rotatable bonds is 0. The molecule has 0 N–H and O–H groups in total. The van der Waals surface area contributed by atoms with Crippen LogP contribution in [0.15, 0.2) is 45.2 Å². The van der Waals surface area contributed by atoms with Crippen molar-refractivity contribution in [3.05, 3.63) is 45.8 Å². The largest absolute Gasteiger partial charge is 0.454 e. The van der Waals surface area contributed by atoms with E-state index in [2.05, 4.69) is 15.9 Å². The molecule has 0 aliphatic carbocycles. The molecule has 0 atom stereocenters. The highest BCUT2D eigenvalue weighted by Gasteiger charge is 2.11. The Hall–Kier alpha value is -0.990. The fourth-order valence-electron chi connectivity index (χ4n) is 1.63. The molecule has 0 radical (unpaired) electrons. The Bertz CT molecular complexity index is 751. The molecule has 0 bridgehead atoms. The van der Waals surface area contributed by atoms with Gasteiger partial charge in [0.2, 0.25) is 0 Å². The highest BCUT2D eigenvalue weighted by Crippen LogP contribution is 2.37. The van der Waals surface area contributed by atoms with E-state index in [-0.39, 0.29) is 0 Å². The first kappa shape index (κ1) is 7.31.